The number of phenols is 1. The molecule has 0 bridgehead atoms. The third-order valence-electron chi connectivity index (χ3n) is 3.82. The van der Waals surface area contributed by atoms with Crippen LogP contribution in [0.3, 0.4) is 0 Å². The number of aromatic hydroxyl groups is 1. The van der Waals surface area contributed by atoms with Gasteiger partial charge >= 0.3 is 0 Å². The van der Waals surface area contributed by atoms with E-state index in [0.717, 1.165) is 24.0 Å². The lowest BCUT2D eigenvalue weighted by Crippen LogP contribution is -2.16. The van der Waals surface area contributed by atoms with E-state index in [4.69, 9.17) is 4.74 Å². The molecule has 2 aromatic rings. The Kier molecular flexibility index (Phi) is 3.18. The molecule has 1 aliphatic rings. The molecule has 1 heterocycles. The highest BCUT2D eigenvalue weighted by atomic mass is 16.5. The van der Waals surface area contributed by atoms with Crippen LogP contribution in [0.5, 0.6) is 11.5 Å². The lowest BCUT2D eigenvalue weighted by molar-refractivity contribution is 0.112. The van der Waals surface area contributed by atoms with Crippen LogP contribution in [0.2, 0.25) is 0 Å². The highest BCUT2D eigenvalue weighted by Crippen LogP contribution is 2.41. The first-order valence-corrected chi connectivity index (χ1v) is 6.73. The molecule has 0 amide bonds. The molecular weight excluding hydrogens is 252 g/mol. The number of phenolic OH excluding ortho intramolecular Hbond substituents is 1. The number of ether oxygens (including phenoxy) is 1. The first-order valence-electron chi connectivity index (χ1n) is 6.73. The summed E-state index contributed by atoms with van der Waals surface area (Å²) in [6, 6.07) is 11.8. The van der Waals surface area contributed by atoms with Gasteiger partial charge in [0.1, 0.15) is 17.6 Å². The highest BCUT2D eigenvalue weighted by molar-refractivity contribution is 5.81. The fourth-order valence-corrected chi connectivity index (χ4v) is 2.72. The lowest BCUT2D eigenvalue weighted by Gasteiger charge is -2.28. The molecule has 0 saturated carbocycles. The van der Waals surface area contributed by atoms with Gasteiger partial charge in [0.25, 0.3) is 0 Å². The number of aldehydes is 1. The van der Waals surface area contributed by atoms with E-state index in [1.54, 1.807) is 13.0 Å². The number of aryl methyl sites for hydroxylation is 1. The van der Waals surface area contributed by atoms with Gasteiger partial charge in [-0.1, -0.05) is 30.3 Å². The van der Waals surface area contributed by atoms with Crippen molar-refractivity contribution >= 4 is 6.29 Å². The molecule has 1 N–H and O–H groups in total. The maximum absolute atomic E-state index is 11.0. The third-order valence-corrected chi connectivity index (χ3v) is 3.82. The number of carbonyl (C=O) groups is 1. The molecule has 3 nitrogen and oxygen atoms in total. The van der Waals surface area contributed by atoms with Crippen LogP contribution >= 0.6 is 0 Å². The second-order valence-corrected chi connectivity index (χ2v) is 5.10. The van der Waals surface area contributed by atoms with Crippen LogP contribution in [0.4, 0.5) is 0 Å². The Labute approximate surface area is 117 Å². The van der Waals surface area contributed by atoms with E-state index >= 15 is 0 Å². The van der Waals surface area contributed by atoms with Crippen LogP contribution in [-0.4, -0.2) is 11.4 Å². The van der Waals surface area contributed by atoms with Crippen molar-refractivity contribution in [3.8, 4) is 11.5 Å². The van der Waals surface area contributed by atoms with Gasteiger partial charge in [-0.25, -0.2) is 0 Å². The van der Waals surface area contributed by atoms with Gasteiger partial charge in [-0.2, -0.15) is 0 Å². The molecule has 1 atom stereocenters. The summed E-state index contributed by atoms with van der Waals surface area (Å²) in [5.74, 6) is 0.737. The summed E-state index contributed by atoms with van der Waals surface area (Å²) in [5.41, 5.74) is 3.11. The van der Waals surface area contributed by atoms with E-state index in [1.807, 2.05) is 30.3 Å². The van der Waals surface area contributed by atoms with Crippen molar-refractivity contribution in [1.29, 1.82) is 0 Å². The molecule has 3 rings (SSSR count). The van der Waals surface area contributed by atoms with Crippen molar-refractivity contribution in [2.45, 2.75) is 25.9 Å². The second-order valence-electron chi connectivity index (χ2n) is 5.10. The average Bonchev–Trinajstić information content (AvgIpc) is 2.51. The quantitative estimate of drug-likeness (QED) is 0.847. The van der Waals surface area contributed by atoms with Gasteiger partial charge in [0.05, 0.1) is 5.56 Å². The number of fused-ring (bicyclic) bond motifs is 1. The van der Waals surface area contributed by atoms with Crippen molar-refractivity contribution in [2.24, 2.45) is 0 Å². The lowest BCUT2D eigenvalue weighted by atomic mass is 9.94. The Morgan fingerprint density at radius 1 is 1.30 bits per heavy atom. The van der Waals surface area contributed by atoms with Crippen LogP contribution in [0.1, 0.15) is 39.6 Å². The van der Waals surface area contributed by atoms with Crippen LogP contribution in [-0.2, 0) is 6.42 Å². The van der Waals surface area contributed by atoms with Crippen molar-refractivity contribution in [1.82, 2.24) is 0 Å². The largest absolute Gasteiger partial charge is 0.507 e. The summed E-state index contributed by atoms with van der Waals surface area (Å²) >= 11 is 0. The topological polar surface area (TPSA) is 46.5 Å². The molecule has 0 aliphatic carbocycles. The minimum atomic E-state index is 0.00359. The molecule has 0 spiro atoms. The molecule has 0 radical (unpaired) electrons. The summed E-state index contributed by atoms with van der Waals surface area (Å²) in [4.78, 5) is 11.0. The first kappa shape index (κ1) is 12.7. The average molecular weight is 268 g/mol. The van der Waals surface area contributed by atoms with E-state index in [1.165, 1.54) is 0 Å². The normalized spacial score (nSPS) is 17.1. The monoisotopic (exact) mass is 268 g/mol. The zero-order valence-corrected chi connectivity index (χ0v) is 11.3. The minimum absolute atomic E-state index is 0.00359. The van der Waals surface area contributed by atoms with Gasteiger partial charge in [-0.05, 0) is 37.0 Å². The number of hydrogen-bond donors (Lipinski definition) is 1. The van der Waals surface area contributed by atoms with Crippen LogP contribution in [0.15, 0.2) is 36.4 Å². The molecule has 0 unspecified atom stereocenters. The van der Waals surface area contributed by atoms with E-state index in [2.05, 4.69) is 0 Å². The summed E-state index contributed by atoms with van der Waals surface area (Å²) in [6.45, 7) is 1.79. The maximum atomic E-state index is 11.0. The Hall–Kier alpha value is -2.29. The molecule has 0 saturated heterocycles. The van der Waals surface area contributed by atoms with Gasteiger partial charge < -0.3 is 9.84 Å². The van der Waals surface area contributed by atoms with E-state index in [0.29, 0.717) is 23.2 Å². The van der Waals surface area contributed by atoms with Gasteiger partial charge in [0, 0.05) is 5.56 Å². The molecule has 2 aromatic carbocycles. The summed E-state index contributed by atoms with van der Waals surface area (Å²) in [7, 11) is 0. The zero-order valence-electron chi connectivity index (χ0n) is 11.3. The first-order chi connectivity index (χ1) is 9.70. The molecule has 20 heavy (non-hydrogen) atoms. The predicted octanol–water partition coefficient (Wildman–Crippen LogP) is 3.58. The van der Waals surface area contributed by atoms with Gasteiger partial charge in [0.15, 0.2) is 6.29 Å². The van der Waals surface area contributed by atoms with Crippen LogP contribution < -0.4 is 4.74 Å². The number of rotatable bonds is 2. The number of benzene rings is 2. The van der Waals surface area contributed by atoms with E-state index in [9.17, 15) is 9.90 Å². The molecular formula is C17H16O3. The van der Waals surface area contributed by atoms with Crippen LogP contribution in [0, 0.1) is 6.92 Å². The Bertz CT molecular complexity index is 647. The summed E-state index contributed by atoms with van der Waals surface area (Å²) in [5, 5.41) is 10.00. The highest BCUT2D eigenvalue weighted by Gasteiger charge is 2.25. The zero-order chi connectivity index (χ0) is 14.1. The second kappa shape index (κ2) is 5.00. The Balaban J connectivity index is 1.99. The third kappa shape index (κ3) is 2.05. The van der Waals surface area contributed by atoms with Crippen molar-refractivity contribution in [3.63, 3.8) is 0 Å². The SMILES string of the molecule is Cc1c(O)c(C=O)cc2c1O[C@H](c1ccccc1)CC2. The summed E-state index contributed by atoms with van der Waals surface area (Å²) in [6.07, 6.45) is 2.41. The molecule has 1 aliphatic heterocycles. The van der Waals surface area contributed by atoms with Gasteiger partial charge in [0.2, 0.25) is 0 Å². The fraction of sp³-hybridized carbons (Fsp3) is 0.235. The van der Waals surface area contributed by atoms with Crippen molar-refractivity contribution in [2.75, 3.05) is 0 Å². The fourth-order valence-electron chi connectivity index (χ4n) is 2.72. The van der Waals surface area contributed by atoms with E-state index < -0.39 is 0 Å². The maximum Gasteiger partial charge on any atom is 0.153 e. The van der Waals surface area contributed by atoms with Crippen LogP contribution in [0.25, 0.3) is 0 Å². The standard InChI is InChI=1S/C17H16O3/c1-11-16(19)14(10-18)9-13-7-8-15(20-17(11)13)12-5-3-2-4-6-12/h2-6,9-10,15,19H,7-8H2,1H3/t15-/m0/s1. The Morgan fingerprint density at radius 2 is 2.05 bits per heavy atom. The van der Waals surface area contributed by atoms with Crippen molar-refractivity contribution < 1.29 is 14.6 Å². The summed E-state index contributed by atoms with van der Waals surface area (Å²) < 4.78 is 6.05. The van der Waals surface area contributed by atoms with E-state index in [-0.39, 0.29) is 11.9 Å². The molecule has 3 heteroatoms. The van der Waals surface area contributed by atoms with Crippen molar-refractivity contribution in [3.05, 3.63) is 58.7 Å². The molecule has 0 aromatic heterocycles. The number of carbonyl (C=O) groups excluding carboxylic acids is 1. The molecule has 0 fully saturated rings. The van der Waals surface area contributed by atoms with Gasteiger partial charge in [-0.15, -0.1) is 0 Å². The Morgan fingerprint density at radius 3 is 2.75 bits per heavy atom. The minimum Gasteiger partial charge on any atom is -0.507 e. The smallest absolute Gasteiger partial charge is 0.153 e. The molecule has 102 valence electrons. The predicted molar refractivity (Wildman–Crippen MR) is 76.4 cm³/mol. The van der Waals surface area contributed by atoms with Gasteiger partial charge in [-0.3, -0.25) is 4.79 Å². The number of hydrogen-bond acceptors (Lipinski definition) is 3.